The largest absolute Gasteiger partial charge is 0.497 e. The lowest BCUT2D eigenvalue weighted by atomic mass is 10.2. The van der Waals surface area contributed by atoms with E-state index in [4.69, 9.17) is 4.74 Å². The number of rotatable bonds is 7. The number of benzene rings is 2. The second-order valence-electron chi connectivity index (χ2n) is 6.44. The molecule has 6 nitrogen and oxygen atoms in total. The summed E-state index contributed by atoms with van der Waals surface area (Å²) in [6.45, 7) is 5.33. The molecule has 0 fully saturated rings. The maximum atomic E-state index is 12.6. The Bertz CT molecular complexity index is 1140. The summed E-state index contributed by atoms with van der Waals surface area (Å²) in [6, 6.07) is 13.3. The Kier molecular flexibility index (Phi) is 7.11. The molecule has 0 aliphatic rings. The van der Waals surface area contributed by atoms with Crippen LogP contribution < -0.4 is 4.74 Å². The maximum absolute atomic E-state index is 12.6. The average molecular weight is 434 g/mol. The molecule has 0 atom stereocenters. The van der Waals surface area contributed by atoms with Crippen molar-refractivity contribution in [2.24, 2.45) is 0 Å². The Morgan fingerprint density at radius 3 is 2.14 bits per heavy atom. The van der Waals surface area contributed by atoms with Gasteiger partial charge >= 0.3 is 0 Å². The third-order valence-corrected chi connectivity index (χ3v) is 6.93. The van der Waals surface area contributed by atoms with Crippen LogP contribution in [-0.2, 0) is 19.9 Å². The van der Waals surface area contributed by atoms with E-state index < -0.39 is 25.6 Å². The second kappa shape index (κ2) is 9.16. The number of nitrogens with zero attached hydrogens (tertiary/aromatic N) is 1. The third-order valence-electron chi connectivity index (χ3n) is 4.04. The van der Waals surface area contributed by atoms with E-state index in [1.807, 2.05) is 6.92 Å². The van der Waals surface area contributed by atoms with Crippen molar-refractivity contribution in [3.05, 3.63) is 71.9 Å². The van der Waals surface area contributed by atoms with Crippen LogP contribution in [0.4, 0.5) is 0 Å². The van der Waals surface area contributed by atoms with Gasteiger partial charge in [-0.2, -0.15) is 0 Å². The Morgan fingerprint density at radius 1 is 1.03 bits per heavy atom. The van der Waals surface area contributed by atoms with Crippen LogP contribution in [0.1, 0.15) is 11.1 Å². The SMILES string of the molecule is C=C(CS(=O)(=O)c1ccc(C)cc1)N(CC#Cc1ccc(OC)cc1)S(C)(=O)=O. The quantitative estimate of drug-likeness (QED) is 0.627. The first-order valence-corrected chi connectivity index (χ1v) is 12.1. The first kappa shape index (κ1) is 22.5. The molecule has 0 saturated heterocycles. The van der Waals surface area contributed by atoms with E-state index in [9.17, 15) is 16.8 Å². The van der Waals surface area contributed by atoms with Gasteiger partial charge in [-0.25, -0.2) is 16.8 Å². The van der Waals surface area contributed by atoms with E-state index in [2.05, 4.69) is 18.4 Å². The van der Waals surface area contributed by atoms with Gasteiger partial charge in [0.05, 0.1) is 30.6 Å². The lowest BCUT2D eigenvalue weighted by molar-refractivity contribution is 0.415. The van der Waals surface area contributed by atoms with Gasteiger partial charge in [0.25, 0.3) is 0 Å². The van der Waals surface area contributed by atoms with Crippen LogP contribution in [-0.4, -0.2) is 46.8 Å². The summed E-state index contributed by atoms with van der Waals surface area (Å²) in [4.78, 5) is 0.113. The van der Waals surface area contributed by atoms with Crippen LogP contribution in [0.3, 0.4) is 0 Å². The minimum atomic E-state index is -3.74. The van der Waals surface area contributed by atoms with Crippen LogP contribution >= 0.6 is 0 Å². The number of sulfone groups is 1. The Balaban J connectivity index is 2.18. The molecule has 0 aliphatic heterocycles. The van der Waals surface area contributed by atoms with E-state index in [0.717, 1.165) is 16.1 Å². The fourth-order valence-electron chi connectivity index (χ4n) is 2.47. The molecule has 0 heterocycles. The first-order valence-electron chi connectivity index (χ1n) is 8.61. The van der Waals surface area contributed by atoms with E-state index in [1.165, 1.54) is 12.1 Å². The van der Waals surface area contributed by atoms with E-state index >= 15 is 0 Å². The zero-order valence-corrected chi connectivity index (χ0v) is 18.2. The van der Waals surface area contributed by atoms with Gasteiger partial charge in [0.2, 0.25) is 10.0 Å². The molecular weight excluding hydrogens is 410 g/mol. The molecule has 8 heteroatoms. The monoisotopic (exact) mass is 433 g/mol. The zero-order valence-electron chi connectivity index (χ0n) is 16.5. The van der Waals surface area contributed by atoms with Crippen molar-refractivity contribution in [3.63, 3.8) is 0 Å². The molecule has 0 amide bonds. The van der Waals surface area contributed by atoms with Crippen molar-refractivity contribution < 1.29 is 21.6 Å². The Labute approximate surface area is 172 Å². The topological polar surface area (TPSA) is 80.8 Å². The van der Waals surface area contributed by atoms with E-state index in [1.54, 1.807) is 43.5 Å². The highest BCUT2D eigenvalue weighted by molar-refractivity contribution is 7.91. The number of ether oxygens (including phenoxy) is 1. The molecule has 2 aromatic carbocycles. The van der Waals surface area contributed by atoms with Gasteiger partial charge in [0.1, 0.15) is 5.75 Å². The highest BCUT2D eigenvalue weighted by atomic mass is 32.2. The standard InChI is InChI=1S/C21H23NO5S2/c1-17-7-13-21(14-8-17)29(25,26)16-18(2)22(28(4,23)24)15-5-6-19-9-11-20(27-3)12-10-19/h7-14H,2,15-16H2,1,3-4H3. The number of aryl methyl sites for hydroxylation is 1. The summed E-state index contributed by atoms with van der Waals surface area (Å²) in [5.74, 6) is 5.77. The summed E-state index contributed by atoms with van der Waals surface area (Å²) in [5.41, 5.74) is 1.54. The number of sulfonamides is 1. The smallest absolute Gasteiger partial charge is 0.232 e. The predicted molar refractivity (Wildman–Crippen MR) is 114 cm³/mol. The average Bonchev–Trinajstić information content (AvgIpc) is 2.64. The van der Waals surface area contributed by atoms with Gasteiger partial charge in [-0.15, -0.1) is 0 Å². The summed E-state index contributed by atoms with van der Waals surface area (Å²) < 4.78 is 55.5. The van der Waals surface area contributed by atoms with Crippen molar-refractivity contribution in [2.75, 3.05) is 25.7 Å². The van der Waals surface area contributed by atoms with Gasteiger partial charge in [0, 0.05) is 11.3 Å². The van der Waals surface area contributed by atoms with Crippen molar-refractivity contribution in [2.45, 2.75) is 11.8 Å². The van der Waals surface area contributed by atoms with Crippen molar-refractivity contribution in [1.29, 1.82) is 0 Å². The number of hydrogen-bond donors (Lipinski definition) is 0. The molecule has 0 unspecified atom stereocenters. The van der Waals surface area contributed by atoms with Gasteiger partial charge < -0.3 is 4.74 Å². The zero-order chi connectivity index (χ0) is 21.7. The van der Waals surface area contributed by atoms with Crippen LogP contribution in [0.5, 0.6) is 5.75 Å². The molecular formula is C21H23NO5S2. The first-order chi connectivity index (χ1) is 13.5. The molecule has 0 N–H and O–H groups in total. The molecule has 0 aliphatic carbocycles. The molecule has 0 radical (unpaired) electrons. The van der Waals surface area contributed by atoms with Crippen LogP contribution in [0.15, 0.2) is 65.7 Å². The molecule has 0 bridgehead atoms. The van der Waals surface area contributed by atoms with E-state index in [0.29, 0.717) is 11.3 Å². The van der Waals surface area contributed by atoms with Gasteiger partial charge in [-0.3, -0.25) is 4.31 Å². The lowest BCUT2D eigenvalue weighted by Crippen LogP contribution is -2.32. The highest BCUT2D eigenvalue weighted by Crippen LogP contribution is 2.18. The maximum Gasteiger partial charge on any atom is 0.232 e. The summed E-state index contributed by atoms with van der Waals surface area (Å²) in [5, 5.41) is 0. The van der Waals surface area contributed by atoms with Gasteiger partial charge in [-0.1, -0.05) is 36.1 Å². The molecule has 0 spiro atoms. The summed E-state index contributed by atoms with van der Waals surface area (Å²) >= 11 is 0. The normalized spacial score (nSPS) is 11.3. The van der Waals surface area contributed by atoms with Crippen LogP contribution in [0, 0.1) is 18.8 Å². The molecule has 2 aromatic rings. The fourth-order valence-corrected chi connectivity index (χ4v) is 4.70. The van der Waals surface area contributed by atoms with Crippen molar-refractivity contribution >= 4 is 19.9 Å². The molecule has 0 aromatic heterocycles. The minimum absolute atomic E-state index is 0.0582. The van der Waals surface area contributed by atoms with Gasteiger partial charge in [-0.05, 0) is 43.3 Å². The number of hydrogen-bond acceptors (Lipinski definition) is 5. The summed E-state index contributed by atoms with van der Waals surface area (Å²) in [7, 11) is -5.92. The van der Waals surface area contributed by atoms with Crippen molar-refractivity contribution in [1.82, 2.24) is 4.31 Å². The lowest BCUT2D eigenvalue weighted by Gasteiger charge is -2.22. The summed E-state index contributed by atoms with van der Waals surface area (Å²) in [6.07, 6.45) is 0.992. The molecule has 154 valence electrons. The number of methoxy groups -OCH3 is 1. The van der Waals surface area contributed by atoms with Crippen LogP contribution in [0.2, 0.25) is 0 Å². The molecule has 2 rings (SSSR count). The second-order valence-corrected chi connectivity index (χ2v) is 10.3. The Hall–Kier alpha value is -2.76. The minimum Gasteiger partial charge on any atom is -0.497 e. The Morgan fingerprint density at radius 2 is 1.62 bits per heavy atom. The van der Waals surface area contributed by atoms with Gasteiger partial charge in [0.15, 0.2) is 9.84 Å². The predicted octanol–water partition coefficient (Wildman–Crippen LogP) is 2.60. The molecule has 29 heavy (non-hydrogen) atoms. The van der Waals surface area contributed by atoms with Crippen molar-refractivity contribution in [3.8, 4) is 17.6 Å². The highest BCUT2D eigenvalue weighted by Gasteiger charge is 2.23. The van der Waals surface area contributed by atoms with E-state index in [-0.39, 0.29) is 17.1 Å². The molecule has 0 saturated carbocycles. The third kappa shape index (κ3) is 6.38. The van der Waals surface area contributed by atoms with Crippen LogP contribution in [0.25, 0.3) is 0 Å². The fraction of sp³-hybridized carbons (Fsp3) is 0.238.